The molecule has 0 aliphatic heterocycles. The van der Waals surface area contributed by atoms with Crippen LogP contribution in [0.2, 0.25) is 0 Å². The monoisotopic (exact) mass is 224 g/mol. The van der Waals surface area contributed by atoms with Gasteiger partial charge in [0.2, 0.25) is 0 Å². The third-order valence-electron chi connectivity index (χ3n) is 2.70. The molecule has 0 aromatic heterocycles. The molecule has 0 amide bonds. The number of nitrogens with two attached hydrogens (primary N) is 1. The Hall–Kier alpha value is -1.10. The number of hydrogen-bond acceptors (Lipinski definition) is 4. The molecule has 1 aromatic carbocycles. The van der Waals surface area contributed by atoms with E-state index in [-0.39, 0.29) is 12.6 Å². The average Bonchev–Trinajstić information content (AvgIpc) is 2.31. The molecule has 0 spiro atoms. The standard InChI is InChI=1S/C12H20N2O2/c1-14(11(7-13)9-15)8-10-3-5-12(16-2)6-4-10/h3-6,11,15H,7-9,13H2,1-2H3. The van der Waals surface area contributed by atoms with Crippen LogP contribution >= 0.6 is 0 Å². The topological polar surface area (TPSA) is 58.7 Å². The highest BCUT2D eigenvalue weighted by atomic mass is 16.5. The number of nitrogens with zero attached hydrogens (tertiary/aromatic N) is 1. The summed E-state index contributed by atoms with van der Waals surface area (Å²) in [5.74, 6) is 0.851. The molecule has 1 atom stereocenters. The first-order valence-corrected chi connectivity index (χ1v) is 5.35. The molecule has 0 heterocycles. The number of likely N-dealkylation sites (N-methyl/N-ethyl adjacent to an activating group) is 1. The number of aliphatic hydroxyl groups excluding tert-OH is 1. The number of ether oxygens (including phenoxy) is 1. The Labute approximate surface area is 96.6 Å². The summed E-state index contributed by atoms with van der Waals surface area (Å²) < 4.78 is 5.09. The second-order valence-corrected chi connectivity index (χ2v) is 3.84. The Morgan fingerprint density at radius 2 is 2.00 bits per heavy atom. The van der Waals surface area contributed by atoms with Crippen LogP contribution < -0.4 is 10.5 Å². The van der Waals surface area contributed by atoms with Gasteiger partial charge < -0.3 is 15.6 Å². The molecule has 1 unspecified atom stereocenters. The van der Waals surface area contributed by atoms with Crippen molar-refractivity contribution in [1.29, 1.82) is 0 Å². The van der Waals surface area contributed by atoms with E-state index in [9.17, 15) is 0 Å². The lowest BCUT2D eigenvalue weighted by Crippen LogP contribution is -2.40. The molecule has 16 heavy (non-hydrogen) atoms. The first kappa shape index (κ1) is 13.0. The number of hydrogen-bond donors (Lipinski definition) is 2. The van der Waals surface area contributed by atoms with Gasteiger partial charge in [-0.15, -0.1) is 0 Å². The van der Waals surface area contributed by atoms with E-state index in [0.717, 1.165) is 12.3 Å². The van der Waals surface area contributed by atoms with Crippen LogP contribution in [0.4, 0.5) is 0 Å². The Bertz CT molecular complexity index is 296. The average molecular weight is 224 g/mol. The van der Waals surface area contributed by atoms with Gasteiger partial charge in [0.1, 0.15) is 5.75 Å². The third-order valence-corrected chi connectivity index (χ3v) is 2.70. The van der Waals surface area contributed by atoms with Gasteiger partial charge in [-0.3, -0.25) is 4.90 Å². The van der Waals surface area contributed by atoms with Crippen LogP contribution in [-0.4, -0.2) is 43.4 Å². The minimum Gasteiger partial charge on any atom is -0.497 e. The second kappa shape index (κ2) is 6.48. The summed E-state index contributed by atoms with van der Waals surface area (Å²) in [6, 6.07) is 7.90. The third kappa shape index (κ3) is 3.48. The molecule has 90 valence electrons. The Balaban J connectivity index is 2.58. The van der Waals surface area contributed by atoms with E-state index in [0.29, 0.717) is 6.54 Å². The minimum absolute atomic E-state index is 0.0158. The predicted molar refractivity (Wildman–Crippen MR) is 64.4 cm³/mol. The van der Waals surface area contributed by atoms with Crippen molar-refractivity contribution in [3.63, 3.8) is 0 Å². The Kier molecular flexibility index (Phi) is 5.25. The van der Waals surface area contributed by atoms with E-state index in [2.05, 4.69) is 0 Å². The van der Waals surface area contributed by atoms with Crippen LogP contribution in [0, 0.1) is 0 Å². The summed E-state index contributed by atoms with van der Waals surface area (Å²) in [5.41, 5.74) is 6.74. The molecule has 4 nitrogen and oxygen atoms in total. The highest BCUT2D eigenvalue weighted by Crippen LogP contribution is 2.13. The molecule has 0 saturated heterocycles. The van der Waals surface area contributed by atoms with Crippen LogP contribution in [0.25, 0.3) is 0 Å². The normalized spacial score (nSPS) is 12.8. The fourth-order valence-electron chi connectivity index (χ4n) is 1.54. The first-order valence-electron chi connectivity index (χ1n) is 5.35. The van der Waals surface area contributed by atoms with Gasteiger partial charge >= 0.3 is 0 Å². The summed E-state index contributed by atoms with van der Waals surface area (Å²) >= 11 is 0. The maximum absolute atomic E-state index is 9.11. The zero-order chi connectivity index (χ0) is 12.0. The van der Waals surface area contributed by atoms with Crippen molar-refractivity contribution in [3.8, 4) is 5.75 Å². The van der Waals surface area contributed by atoms with Gasteiger partial charge in [-0.1, -0.05) is 12.1 Å². The summed E-state index contributed by atoms with van der Waals surface area (Å²) in [4.78, 5) is 2.04. The molecular formula is C12H20N2O2. The Morgan fingerprint density at radius 1 is 1.38 bits per heavy atom. The zero-order valence-corrected chi connectivity index (χ0v) is 9.89. The quantitative estimate of drug-likeness (QED) is 0.736. The van der Waals surface area contributed by atoms with Gasteiger partial charge in [0.15, 0.2) is 0 Å². The lowest BCUT2D eigenvalue weighted by atomic mass is 10.2. The molecule has 0 bridgehead atoms. The van der Waals surface area contributed by atoms with E-state index in [1.807, 2.05) is 36.2 Å². The van der Waals surface area contributed by atoms with Gasteiger partial charge in [0.05, 0.1) is 13.7 Å². The molecule has 4 heteroatoms. The van der Waals surface area contributed by atoms with Gasteiger partial charge in [0.25, 0.3) is 0 Å². The lowest BCUT2D eigenvalue weighted by molar-refractivity contribution is 0.146. The van der Waals surface area contributed by atoms with Gasteiger partial charge in [-0.05, 0) is 24.7 Å². The Morgan fingerprint density at radius 3 is 2.44 bits per heavy atom. The van der Waals surface area contributed by atoms with Crippen LogP contribution in [0.1, 0.15) is 5.56 Å². The zero-order valence-electron chi connectivity index (χ0n) is 9.89. The lowest BCUT2D eigenvalue weighted by Gasteiger charge is -2.25. The van der Waals surface area contributed by atoms with Gasteiger partial charge in [-0.25, -0.2) is 0 Å². The second-order valence-electron chi connectivity index (χ2n) is 3.84. The minimum atomic E-state index is 0.0158. The molecule has 0 aliphatic rings. The van der Waals surface area contributed by atoms with E-state index in [1.165, 1.54) is 5.56 Å². The van der Waals surface area contributed by atoms with Crippen molar-refractivity contribution < 1.29 is 9.84 Å². The van der Waals surface area contributed by atoms with E-state index in [1.54, 1.807) is 7.11 Å². The molecule has 0 fully saturated rings. The van der Waals surface area contributed by atoms with Crippen molar-refractivity contribution >= 4 is 0 Å². The smallest absolute Gasteiger partial charge is 0.118 e. The molecular weight excluding hydrogens is 204 g/mol. The number of benzene rings is 1. The van der Waals surface area contributed by atoms with Crippen molar-refractivity contribution in [2.45, 2.75) is 12.6 Å². The van der Waals surface area contributed by atoms with Gasteiger partial charge in [0, 0.05) is 19.1 Å². The summed E-state index contributed by atoms with van der Waals surface area (Å²) in [7, 11) is 3.61. The molecule has 1 rings (SSSR count). The largest absolute Gasteiger partial charge is 0.497 e. The fraction of sp³-hybridized carbons (Fsp3) is 0.500. The van der Waals surface area contributed by atoms with E-state index in [4.69, 9.17) is 15.6 Å². The number of rotatable bonds is 6. The maximum atomic E-state index is 9.11. The molecule has 1 aromatic rings. The predicted octanol–water partition coefficient (Wildman–Crippen LogP) is 0.447. The van der Waals surface area contributed by atoms with Crippen molar-refractivity contribution in [2.75, 3.05) is 27.3 Å². The fourth-order valence-corrected chi connectivity index (χ4v) is 1.54. The summed E-state index contributed by atoms with van der Waals surface area (Å²) in [6.45, 7) is 1.32. The first-order chi connectivity index (χ1) is 7.71. The highest BCUT2D eigenvalue weighted by Gasteiger charge is 2.11. The SMILES string of the molecule is COc1ccc(CN(C)C(CN)CO)cc1. The van der Waals surface area contributed by atoms with Crippen LogP contribution in [0.3, 0.4) is 0 Å². The van der Waals surface area contributed by atoms with Crippen molar-refractivity contribution in [1.82, 2.24) is 4.90 Å². The molecule has 0 radical (unpaired) electrons. The number of methoxy groups -OCH3 is 1. The number of aliphatic hydroxyl groups is 1. The highest BCUT2D eigenvalue weighted by molar-refractivity contribution is 5.27. The van der Waals surface area contributed by atoms with Crippen LogP contribution in [0.15, 0.2) is 24.3 Å². The molecule has 0 saturated carbocycles. The van der Waals surface area contributed by atoms with Crippen LogP contribution in [-0.2, 0) is 6.54 Å². The summed E-state index contributed by atoms with van der Waals surface area (Å²) in [5, 5.41) is 9.11. The van der Waals surface area contributed by atoms with Crippen LogP contribution in [0.5, 0.6) is 5.75 Å². The van der Waals surface area contributed by atoms with Gasteiger partial charge in [-0.2, -0.15) is 0 Å². The van der Waals surface area contributed by atoms with Crippen molar-refractivity contribution in [2.24, 2.45) is 5.73 Å². The molecule has 0 aliphatic carbocycles. The van der Waals surface area contributed by atoms with E-state index < -0.39 is 0 Å². The van der Waals surface area contributed by atoms with E-state index >= 15 is 0 Å². The summed E-state index contributed by atoms with van der Waals surface area (Å²) in [6.07, 6.45) is 0. The maximum Gasteiger partial charge on any atom is 0.118 e. The van der Waals surface area contributed by atoms with Crippen molar-refractivity contribution in [3.05, 3.63) is 29.8 Å². The molecule has 3 N–H and O–H groups in total.